The molecule has 0 radical (unpaired) electrons. The topological polar surface area (TPSA) is 25.8 Å². The number of fused-ring (bicyclic) bond motifs is 3. The van der Waals surface area contributed by atoms with E-state index in [1.807, 2.05) is 36.4 Å². The lowest BCUT2D eigenvalue weighted by Crippen LogP contribution is -2.12. The van der Waals surface area contributed by atoms with Gasteiger partial charge >= 0.3 is 0 Å². The van der Waals surface area contributed by atoms with Gasteiger partial charge in [-0.3, -0.25) is 0 Å². The highest BCUT2D eigenvalue weighted by molar-refractivity contribution is 7.19. The van der Waals surface area contributed by atoms with E-state index in [0.717, 1.165) is 32.2 Å². The Labute approximate surface area is 194 Å². The average Bonchev–Trinajstić information content (AvgIpc) is 3.44. The summed E-state index contributed by atoms with van der Waals surface area (Å²) < 4.78 is 2.34. The molecule has 2 aromatic heterocycles. The van der Waals surface area contributed by atoms with Gasteiger partial charge in [0.05, 0.1) is 20.4 Å². The highest BCUT2D eigenvalue weighted by Gasteiger charge is 2.19. The number of allylic oxidation sites excluding steroid dienone is 8. The van der Waals surface area contributed by atoms with Gasteiger partial charge in [0.15, 0.2) is 10.0 Å². The van der Waals surface area contributed by atoms with Crippen LogP contribution < -0.4 is 0 Å². The Morgan fingerprint density at radius 3 is 1.53 bits per heavy atom. The van der Waals surface area contributed by atoms with Crippen LogP contribution in [0.4, 0.5) is 0 Å². The SMILES string of the molecule is C(#Cc1nc2ccccc2s1)C1=CC2C=CC(C#Cc3nc4ccccc4s3)=CC2C=C1. The van der Waals surface area contributed by atoms with Crippen LogP contribution in [0.5, 0.6) is 0 Å². The number of rotatable bonds is 0. The fourth-order valence-electron chi connectivity index (χ4n) is 3.81. The normalized spacial score (nSPS) is 18.9. The lowest BCUT2D eigenvalue weighted by molar-refractivity contribution is 0.654. The smallest absolute Gasteiger partial charge is 0.168 e. The first-order chi connectivity index (χ1) is 15.8. The molecule has 0 fully saturated rings. The first kappa shape index (κ1) is 19.0. The fourth-order valence-corrected chi connectivity index (χ4v) is 5.45. The quantitative estimate of drug-likeness (QED) is 0.288. The predicted molar refractivity (Wildman–Crippen MR) is 134 cm³/mol. The van der Waals surface area contributed by atoms with Gasteiger partial charge in [-0.25, -0.2) is 9.97 Å². The maximum absolute atomic E-state index is 4.60. The minimum absolute atomic E-state index is 0.313. The molecule has 2 aliphatic carbocycles. The van der Waals surface area contributed by atoms with E-state index in [9.17, 15) is 0 Å². The predicted octanol–water partition coefficient (Wildman–Crippen LogP) is 6.53. The molecule has 0 bridgehead atoms. The van der Waals surface area contributed by atoms with Crippen LogP contribution >= 0.6 is 22.7 Å². The molecular weight excluding hydrogens is 428 g/mol. The number of aromatic nitrogens is 2. The van der Waals surface area contributed by atoms with Gasteiger partial charge in [0.1, 0.15) is 0 Å². The number of nitrogens with zero attached hydrogens (tertiary/aromatic N) is 2. The second kappa shape index (κ2) is 8.09. The van der Waals surface area contributed by atoms with Gasteiger partial charge in [-0.1, -0.05) is 72.6 Å². The van der Waals surface area contributed by atoms with Crippen molar-refractivity contribution in [1.82, 2.24) is 9.97 Å². The number of hydrogen-bond acceptors (Lipinski definition) is 4. The maximum atomic E-state index is 4.60. The molecule has 2 heterocycles. The van der Waals surface area contributed by atoms with Gasteiger partial charge in [0.2, 0.25) is 0 Å². The van der Waals surface area contributed by atoms with Gasteiger partial charge in [-0.2, -0.15) is 0 Å². The van der Waals surface area contributed by atoms with Crippen LogP contribution in [0, 0.1) is 35.5 Å². The summed E-state index contributed by atoms with van der Waals surface area (Å²) in [5.41, 5.74) is 4.09. The van der Waals surface area contributed by atoms with Gasteiger partial charge in [-0.15, -0.1) is 22.7 Å². The van der Waals surface area contributed by atoms with E-state index in [1.54, 1.807) is 22.7 Å². The van der Waals surface area contributed by atoms with Crippen LogP contribution in [-0.4, -0.2) is 9.97 Å². The highest BCUT2D eigenvalue weighted by atomic mass is 32.1. The first-order valence-electron chi connectivity index (χ1n) is 10.4. The maximum Gasteiger partial charge on any atom is 0.168 e. The van der Waals surface area contributed by atoms with E-state index in [2.05, 4.69) is 82.2 Å². The molecule has 0 spiro atoms. The molecule has 0 saturated carbocycles. The Morgan fingerprint density at radius 1 is 0.594 bits per heavy atom. The molecule has 2 nitrogen and oxygen atoms in total. The van der Waals surface area contributed by atoms with E-state index >= 15 is 0 Å². The zero-order valence-corrected chi connectivity index (χ0v) is 18.6. The summed E-state index contributed by atoms with van der Waals surface area (Å²) in [6.07, 6.45) is 13.1. The number of hydrogen-bond donors (Lipinski definition) is 0. The Morgan fingerprint density at radius 2 is 1.06 bits per heavy atom. The van der Waals surface area contributed by atoms with Gasteiger partial charge in [0.25, 0.3) is 0 Å². The first-order valence-corrected chi connectivity index (χ1v) is 12.0. The third kappa shape index (κ3) is 3.83. The standard InChI is InChI=1S/C28H16N2S2/c1-3-7-25-23(5-1)29-27(31-25)15-11-19-9-13-22-18-20(10-14-21(22)17-19)12-16-28-30-24-6-2-4-8-26(24)32-28/h1-10,13-14,17-18,21-22H. The molecule has 2 aliphatic rings. The zero-order valence-electron chi connectivity index (χ0n) is 16.9. The molecule has 4 aromatic rings. The molecule has 6 rings (SSSR count). The van der Waals surface area contributed by atoms with Crippen molar-refractivity contribution < 1.29 is 0 Å². The van der Waals surface area contributed by atoms with E-state index < -0.39 is 0 Å². The van der Waals surface area contributed by atoms with Gasteiger partial charge in [-0.05, 0) is 36.1 Å². The molecule has 4 heteroatoms. The molecule has 0 N–H and O–H groups in total. The van der Waals surface area contributed by atoms with Crippen LogP contribution in [0.25, 0.3) is 20.4 Å². The van der Waals surface area contributed by atoms with Crippen molar-refractivity contribution in [3.8, 4) is 23.7 Å². The third-order valence-corrected chi connectivity index (χ3v) is 7.30. The summed E-state index contributed by atoms with van der Waals surface area (Å²) in [5.74, 6) is 13.7. The van der Waals surface area contributed by atoms with Crippen molar-refractivity contribution >= 4 is 43.1 Å². The Bertz CT molecular complexity index is 1410. The average molecular weight is 445 g/mol. The largest absolute Gasteiger partial charge is 0.228 e. The second-order valence-corrected chi connectivity index (χ2v) is 9.65. The monoisotopic (exact) mass is 444 g/mol. The molecule has 2 unspecified atom stereocenters. The molecule has 32 heavy (non-hydrogen) atoms. The molecule has 2 atom stereocenters. The van der Waals surface area contributed by atoms with Crippen molar-refractivity contribution in [2.24, 2.45) is 11.8 Å². The lowest BCUT2D eigenvalue weighted by atomic mass is 9.81. The van der Waals surface area contributed by atoms with Crippen LogP contribution in [0.1, 0.15) is 10.0 Å². The van der Waals surface area contributed by atoms with Crippen molar-refractivity contribution in [2.75, 3.05) is 0 Å². The summed E-state index contributed by atoms with van der Waals surface area (Å²) in [6, 6.07) is 16.3. The Balaban J connectivity index is 1.18. The van der Waals surface area contributed by atoms with Gasteiger partial charge < -0.3 is 0 Å². The van der Waals surface area contributed by atoms with E-state index in [4.69, 9.17) is 0 Å². The number of para-hydroxylation sites is 2. The van der Waals surface area contributed by atoms with Crippen molar-refractivity contribution in [2.45, 2.75) is 0 Å². The molecule has 0 amide bonds. The Kier molecular flexibility index (Phi) is 4.81. The molecular formula is C28H16N2S2. The lowest BCUT2D eigenvalue weighted by Gasteiger charge is -2.22. The van der Waals surface area contributed by atoms with Gasteiger partial charge in [0, 0.05) is 23.0 Å². The molecule has 0 aliphatic heterocycles. The van der Waals surface area contributed by atoms with Crippen LogP contribution in [0.3, 0.4) is 0 Å². The van der Waals surface area contributed by atoms with Crippen LogP contribution in [0.2, 0.25) is 0 Å². The Hall–Kier alpha value is -3.70. The zero-order chi connectivity index (χ0) is 21.3. The summed E-state index contributed by atoms with van der Waals surface area (Å²) in [7, 11) is 0. The number of thiazole rings is 2. The fraction of sp³-hybridized carbons (Fsp3) is 0.0714. The van der Waals surface area contributed by atoms with Crippen molar-refractivity contribution in [3.63, 3.8) is 0 Å². The number of benzene rings is 2. The second-order valence-electron chi connectivity index (χ2n) is 7.59. The van der Waals surface area contributed by atoms with Crippen LogP contribution in [0.15, 0.2) is 96.1 Å². The minimum Gasteiger partial charge on any atom is -0.228 e. The summed E-state index contributed by atoms with van der Waals surface area (Å²) in [4.78, 5) is 9.20. The van der Waals surface area contributed by atoms with Crippen LogP contribution in [-0.2, 0) is 0 Å². The summed E-state index contributed by atoms with van der Waals surface area (Å²) >= 11 is 3.27. The molecule has 150 valence electrons. The van der Waals surface area contributed by atoms with Crippen molar-refractivity contribution in [1.29, 1.82) is 0 Å². The molecule has 2 aromatic carbocycles. The summed E-state index contributed by atoms with van der Waals surface area (Å²) in [6.45, 7) is 0. The van der Waals surface area contributed by atoms with E-state index in [1.165, 1.54) is 9.40 Å². The van der Waals surface area contributed by atoms with E-state index in [-0.39, 0.29) is 0 Å². The van der Waals surface area contributed by atoms with Crippen molar-refractivity contribution in [3.05, 3.63) is 106 Å². The molecule has 0 saturated heterocycles. The van der Waals surface area contributed by atoms with E-state index in [0.29, 0.717) is 11.8 Å². The minimum atomic E-state index is 0.313. The summed E-state index contributed by atoms with van der Waals surface area (Å²) in [5, 5.41) is 1.71. The third-order valence-electron chi connectivity index (χ3n) is 5.40. The highest BCUT2D eigenvalue weighted by Crippen LogP contribution is 2.30.